The zero-order chi connectivity index (χ0) is 20.9. The van der Waals surface area contributed by atoms with Gasteiger partial charge in [0.2, 0.25) is 5.91 Å². The largest absolute Gasteiger partial charge is 0.379 e. The Hall–Kier alpha value is -2.12. The molecule has 0 aliphatic rings. The number of benzene rings is 2. The van der Waals surface area contributed by atoms with Crippen LogP contribution >= 0.6 is 11.6 Å². The lowest BCUT2D eigenvalue weighted by molar-refractivity contribution is -0.133. The van der Waals surface area contributed by atoms with Gasteiger partial charge in [-0.2, -0.15) is 8.42 Å². The Morgan fingerprint density at radius 3 is 2.18 bits per heavy atom. The van der Waals surface area contributed by atoms with Crippen molar-refractivity contribution in [1.29, 1.82) is 0 Å². The maximum Gasteiger partial charge on any atom is 0.339 e. The van der Waals surface area contributed by atoms with Crippen molar-refractivity contribution >= 4 is 27.6 Å². The van der Waals surface area contributed by atoms with Gasteiger partial charge in [-0.25, -0.2) is 4.39 Å². The van der Waals surface area contributed by atoms with Gasteiger partial charge in [0.05, 0.1) is 0 Å². The number of amides is 1. The van der Waals surface area contributed by atoms with Crippen molar-refractivity contribution in [2.75, 3.05) is 0 Å². The summed E-state index contributed by atoms with van der Waals surface area (Å²) >= 11 is 5.95. The fraction of sp³-hybridized carbons (Fsp3) is 0.350. The van der Waals surface area contributed by atoms with Crippen LogP contribution in [-0.4, -0.2) is 30.6 Å². The second kappa shape index (κ2) is 9.39. The molecule has 2 atom stereocenters. The number of hydrogen-bond acceptors (Lipinski definition) is 4. The highest BCUT2D eigenvalue weighted by Gasteiger charge is 2.23. The van der Waals surface area contributed by atoms with E-state index >= 15 is 0 Å². The third-order valence-corrected chi connectivity index (χ3v) is 5.78. The van der Waals surface area contributed by atoms with Crippen LogP contribution in [0.1, 0.15) is 32.8 Å². The van der Waals surface area contributed by atoms with Crippen LogP contribution in [0.4, 0.5) is 4.39 Å². The molecule has 28 heavy (non-hydrogen) atoms. The number of halogens is 2. The van der Waals surface area contributed by atoms with Crippen LogP contribution < -0.4 is 4.18 Å². The van der Waals surface area contributed by atoms with E-state index in [1.807, 2.05) is 13.8 Å². The summed E-state index contributed by atoms with van der Waals surface area (Å²) in [6.07, 6.45) is 0.784. The molecule has 0 spiro atoms. The monoisotopic (exact) mass is 427 g/mol. The van der Waals surface area contributed by atoms with Crippen LogP contribution in [0, 0.1) is 5.82 Å². The molecule has 152 valence electrons. The molecule has 2 aromatic carbocycles. The van der Waals surface area contributed by atoms with Crippen molar-refractivity contribution in [3.63, 3.8) is 0 Å². The third kappa shape index (κ3) is 5.69. The van der Waals surface area contributed by atoms with E-state index < -0.39 is 21.3 Å². The minimum absolute atomic E-state index is 0.0171. The highest BCUT2D eigenvalue weighted by atomic mass is 35.5. The minimum atomic E-state index is -4.06. The normalized spacial score (nSPS) is 13.6. The van der Waals surface area contributed by atoms with Gasteiger partial charge in [-0.3, -0.25) is 4.79 Å². The molecular formula is C20H23ClFNO4S. The summed E-state index contributed by atoms with van der Waals surface area (Å²) in [7, 11) is -4.06. The maximum absolute atomic E-state index is 13.0. The Balaban J connectivity index is 2.14. The molecule has 0 bridgehead atoms. The van der Waals surface area contributed by atoms with Gasteiger partial charge in [-0.05, 0) is 62.2 Å². The zero-order valence-corrected chi connectivity index (χ0v) is 17.5. The van der Waals surface area contributed by atoms with Gasteiger partial charge < -0.3 is 9.08 Å². The van der Waals surface area contributed by atoms with Crippen LogP contribution in [0.15, 0.2) is 53.4 Å². The predicted molar refractivity (Wildman–Crippen MR) is 106 cm³/mol. The molecule has 0 fully saturated rings. The topological polar surface area (TPSA) is 63.7 Å². The summed E-state index contributed by atoms with van der Waals surface area (Å²) in [6.45, 7) is 5.93. The SMILES string of the molecule is CCC(C)N(Cc1ccc(OS(=O)(=O)c2ccc(F)cc2)cc1)C(=O)C(C)Cl. The van der Waals surface area contributed by atoms with Gasteiger partial charge in [-0.1, -0.05) is 19.1 Å². The van der Waals surface area contributed by atoms with Crippen LogP contribution in [-0.2, 0) is 21.5 Å². The average molecular weight is 428 g/mol. The molecule has 2 rings (SSSR count). The van der Waals surface area contributed by atoms with Gasteiger partial charge >= 0.3 is 10.1 Å². The molecule has 0 aliphatic carbocycles. The smallest absolute Gasteiger partial charge is 0.339 e. The van der Waals surface area contributed by atoms with Crippen molar-refractivity contribution in [1.82, 2.24) is 4.90 Å². The van der Waals surface area contributed by atoms with E-state index in [-0.39, 0.29) is 22.6 Å². The highest BCUT2D eigenvalue weighted by molar-refractivity contribution is 7.87. The van der Waals surface area contributed by atoms with Gasteiger partial charge in [0, 0.05) is 12.6 Å². The van der Waals surface area contributed by atoms with Gasteiger partial charge in [0.25, 0.3) is 0 Å². The Bertz CT molecular complexity index is 899. The number of carbonyl (C=O) groups is 1. The summed E-state index contributed by atoms with van der Waals surface area (Å²) in [6, 6.07) is 10.8. The quantitative estimate of drug-likeness (QED) is 0.464. The molecule has 5 nitrogen and oxygen atoms in total. The predicted octanol–water partition coefficient (Wildman–Crippen LogP) is 4.35. The fourth-order valence-corrected chi connectivity index (χ4v) is 3.58. The first-order chi connectivity index (χ1) is 13.1. The summed E-state index contributed by atoms with van der Waals surface area (Å²) in [5.74, 6) is -0.564. The number of carbonyl (C=O) groups excluding carboxylic acids is 1. The Morgan fingerprint density at radius 1 is 1.11 bits per heavy atom. The molecule has 0 saturated heterocycles. The lowest BCUT2D eigenvalue weighted by atomic mass is 10.1. The number of alkyl halides is 1. The van der Waals surface area contributed by atoms with E-state index in [0.29, 0.717) is 6.54 Å². The third-order valence-electron chi connectivity index (χ3n) is 4.33. The Kier molecular flexibility index (Phi) is 7.43. The van der Waals surface area contributed by atoms with Crippen molar-refractivity contribution in [3.05, 3.63) is 59.9 Å². The van der Waals surface area contributed by atoms with Crippen molar-refractivity contribution in [2.24, 2.45) is 0 Å². The highest BCUT2D eigenvalue weighted by Crippen LogP contribution is 2.21. The van der Waals surface area contributed by atoms with E-state index in [9.17, 15) is 17.6 Å². The second-order valence-corrected chi connectivity index (χ2v) is 8.68. The molecule has 8 heteroatoms. The summed E-state index contributed by atoms with van der Waals surface area (Å²) < 4.78 is 42.6. The zero-order valence-electron chi connectivity index (χ0n) is 15.9. The molecule has 2 aromatic rings. The molecule has 0 saturated carbocycles. The summed E-state index contributed by atoms with van der Waals surface area (Å²) in [5.41, 5.74) is 0.817. The molecule has 0 aliphatic heterocycles. The van der Waals surface area contributed by atoms with E-state index in [0.717, 1.165) is 36.2 Å². The summed E-state index contributed by atoms with van der Waals surface area (Å²) in [4.78, 5) is 13.9. The van der Waals surface area contributed by atoms with Crippen LogP contribution in [0.3, 0.4) is 0 Å². The lowest BCUT2D eigenvalue weighted by Crippen LogP contribution is -2.41. The molecule has 0 aromatic heterocycles. The average Bonchev–Trinajstić information content (AvgIpc) is 2.66. The van der Waals surface area contributed by atoms with E-state index in [2.05, 4.69) is 0 Å². The Morgan fingerprint density at radius 2 is 1.68 bits per heavy atom. The first kappa shape index (κ1) is 22.2. The van der Waals surface area contributed by atoms with Gasteiger partial charge in [0.1, 0.15) is 21.8 Å². The van der Waals surface area contributed by atoms with E-state index in [1.165, 1.54) is 12.1 Å². The van der Waals surface area contributed by atoms with Crippen LogP contribution in [0.2, 0.25) is 0 Å². The van der Waals surface area contributed by atoms with E-state index in [4.69, 9.17) is 15.8 Å². The maximum atomic E-state index is 13.0. The van der Waals surface area contributed by atoms with Gasteiger partial charge in [-0.15, -0.1) is 11.6 Å². The molecule has 2 unspecified atom stereocenters. The minimum Gasteiger partial charge on any atom is -0.379 e. The van der Waals surface area contributed by atoms with Crippen molar-refractivity contribution in [3.8, 4) is 5.75 Å². The molecule has 1 amide bonds. The van der Waals surface area contributed by atoms with Gasteiger partial charge in [0.15, 0.2) is 0 Å². The van der Waals surface area contributed by atoms with Crippen LogP contribution in [0.5, 0.6) is 5.75 Å². The lowest BCUT2D eigenvalue weighted by Gasteiger charge is -2.29. The molecular weight excluding hydrogens is 405 g/mol. The fourth-order valence-electron chi connectivity index (χ4n) is 2.52. The first-order valence-corrected chi connectivity index (χ1v) is 10.7. The molecule has 0 radical (unpaired) electrons. The molecule has 0 N–H and O–H groups in total. The standard InChI is InChI=1S/C20H23ClFNO4S/c1-4-14(2)23(20(24)15(3)21)13-16-5-9-18(10-6-16)27-28(25,26)19-11-7-17(22)8-12-19/h5-12,14-15H,4,13H2,1-3H3. The van der Waals surface area contributed by atoms with E-state index in [1.54, 1.807) is 24.0 Å². The number of hydrogen-bond donors (Lipinski definition) is 0. The first-order valence-electron chi connectivity index (χ1n) is 8.87. The number of rotatable bonds is 8. The van der Waals surface area contributed by atoms with Crippen LogP contribution in [0.25, 0.3) is 0 Å². The summed E-state index contributed by atoms with van der Waals surface area (Å²) in [5, 5.41) is -0.627. The molecule has 0 heterocycles. The number of nitrogens with zero attached hydrogens (tertiary/aromatic N) is 1. The van der Waals surface area contributed by atoms with Crippen molar-refractivity contribution < 1.29 is 21.8 Å². The van der Waals surface area contributed by atoms with Crippen molar-refractivity contribution in [2.45, 2.75) is 50.1 Å². The second-order valence-electron chi connectivity index (χ2n) is 6.47. The Labute approximate surface area is 170 Å².